The molecule has 1 atom stereocenters. The normalized spacial score (nSPS) is 12.4. The first kappa shape index (κ1) is 18.3. The minimum Gasteiger partial charge on any atom is -0.469 e. The number of esters is 2. The highest BCUT2D eigenvalue weighted by Gasteiger charge is 2.30. The maximum absolute atomic E-state index is 11.8. The van der Waals surface area contributed by atoms with Gasteiger partial charge in [-0.3, -0.25) is 19.2 Å². The predicted molar refractivity (Wildman–Crippen MR) is 70.9 cm³/mol. The van der Waals surface area contributed by atoms with Crippen molar-refractivity contribution in [2.75, 3.05) is 7.11 Å². The smallest absolute Gasteiger partial charge is 0.317 e. The highest BCUT2D eigenvalue weighted by Crippen LogP contribution is 2.16. The standard InChI is InChI=1S/C14H22O6/c1-9(15)11(13(18)20-14(2,3)4)8-10(16)6-7-12(17)19-5/h11H,6-8H2,1-5H3. The summed E-state index contributed by atoms with van der Waals surface area (Å²) in [6.07, 6.45) is -0.366. The third kappa shape index (κ3) is 7.66. The minimum atomic E-state index is -1.11. The van der Waals surface area contributed by atoms with E-state index in [0.29, 0.717) is 0 Å². The van der Waals surface area contributed by atoms with Gasteiger partial charge in [-0.25, -0.2) is 0 Å². The third-order valence-electron chi connectivity index (χ3n) is 2.45. The van der Waals surface area contributed by atoms with Crippen molar-refractivity contribution in [2.45, 2.75) is 52.6 Å². The van der Waals surface area contributed by atoms with Crippen LogP contribution in [-0.4, -0.2) is 36.2 Å². The monoisotopic (exact) mass is 286 g/mol. The molecule has 0 aliphatic carbocycles. The number of methoxy groups -OCH3 is 1. The van der Waals surface area contributed by atoms with Crippen molar-refractivity contribution in [3.05, 3.63) is 0 Å². The molecule has 20 heavy (non-hydrogen) atoms. The molecule has 0 amide bonds. The molecule has 0 aliphatic heterocycles. The molecule has 0 heterocycles. The van der Waals surface area contributed by atoms with E-state index in [1.807, 2.05) is 0 Å². The molecule has 114 valence electrons. The molecular formula is C14H22O6. The molecule has 0 aromatic rings. The highest BCUT2D eigenvalue weighted by molar-refractivity contribution is 6.01. The van der Waals surface area contributed by atoms with Crippen molar-refractivity contribution >= 4 is 23.5 Å². The van der Waals surface area contributed by atoms with E-state index in [9.17, 15) is 19.2 Å². The van der Waals surface area contributed by atoms with Crippen molar-refractivity contribution in [2.24, 2.45) is 5.92 Å². The predicted octanol–water partition coefficient (Wildman–Crippen LogP) is 1.45. The number of ether oxygens (including phenoxy) is 2. The molecule has 0 bridgehead atoms. The van der Waals surface area contributed by atoms with Gasteiger partial charge in [0.15, 0.2) is 0 Å². The van der Waals surface area contributed by atoms with Gasteiger partial charge in [0.25, 0.3) is 0 Å². The molecule has 0 radical (unpaired) electrons. The van der Waals surface area contributed by atoms with E-state index < -0.39 is 29.2 Å². The van der Waals surface area contributed by atoms with E-state index in [-0.39, 0.29) is 25.0 Å². The first-order chi connectivity index (χ1) is 9.06. The van der Waals surface area contributed by atoms with Crippen LogP contribution in [0.25, 0.3) is 0 Å². The van der Waals surface area contributed by atoms with Crippen LogP contribution in [0.4, 0.5) is 0 Å². The molecule has 0 aromatic heterocycles. The number of carbonyl (C=O) groups is 4. The van der Waals surface area contributed by atoms with Gasteiger partial charge in [0.2, 0.25) is 0 Å². The van der Waals surface area contributed by atoms with Gasteiger partial charge < -0.3 is 9.47 Å². The largest absolute Gasteiger partial charge is 0.469 e. The second-order valence-corrected chi connectivity index (χ2v) is 5.52. The fourth-order valence-corrected chi connectivity index (χ4v) is 1.44. The Labute approximate surface area is 118 Å². The van der Waals surface area contributed by atoms with Gasteiger partial charge >= 0.3 is 11.9 Å². The van der Waals surface area contributed by atoms with Gasteiger partial charge in [0.1, 0.15) is 23.1 Å². The minimum absolute atomic E-state index is 0.0563. The lowest BCUT2D eigenvalue weighted by atomic mass is 9.96. The van der Waals surface area contributed by atoms with Gasteiger partial charge in [-0.2, -0.15) is 0 Å². The summed E-state index contributed by atoms with van der Waals surface area (Å²) in [7, 11) is 1.23. The summed E-state index contributed by atoms with van der Waals surface area (Å²) in [5.74, 6) is -3.10. The lowest BCUT2D eigenvalue weighted by Crippen LogP contribution is -2.33. The van der Waals surface area contributed by atoms with Crippen molar-refractivity contribution in [1.29, 1.82) is 0 Å². The summed E-state index contributed by atoms with van der Waals surface area (Å²) in [6, 6.07) is 0. The van der Waals surface area contributed by atoms with Crippen LogP contribution in [0, 0.1) is 5.92 Å². The zero-order valence-electron chi connectivity index (χ0n) is 12.6. The molecule has 0 rings (SSSR count). The van der Waals surface area contributed by atoms with Crippen LogP contribution in [0.2, 0.25) is 0 Å². The van der Waals surface area contributed by atoms with Gasteiger partial charge in [-0.05, 0) is 27.7 Å². The van der Waals surface area contributed by atoms with Crippen molar-refractivity contribution in [1.82, 2.24) is 0 Å². The fraction of sp³-hybridized carbons (Fsp3) is 0.714. The Morgan fingerprint density at radius 2 is 1.60 bits per heavy atom. The van der Waals surface area contributed by atoms with Gasteiger partial charge in [-0.15, -0.1) is 0 Å². The molecule has 6 heteroatoms. The quantitative estimate of drug-likeness (QED) is 0.520. The molecule has 0 N–H and O–H groups in total. The van der Waals surface area contributed by atoms with Crippen molar-refractivity contribution in [3.8, 4) is 0 Å². The van der Waals surface area contributed by atoms with E-state index >= 15 is 0 Å². The van der Waals surface area contributed by atoms with E-state index in [0.717, 1.165) is 0 Å². The molecule has 0 aromatic carbocycles. The summed E-state index contributed by atoms with van der Waals surface area (Å²) < 4.78 is 9.52. The third-order valence-corrected chi connectivity index (χ3v) is 2.45. The topological polar surface area (TPSA) is 86.7 Å². The van der Waals surface area contributed by atoms with Crippen LogP contribution < -0.4 is 0 Å². The second-order valence-electron chi connectivity index (χ2n) is 5.52. The van der Waals surface area contributed by atoms with Gasteiger partial charge in [0, 0.05) is 12.8 Å². The highest BCUT2D eigenvalue weighted by atomic mass is 16.6. The number of hydrogen-bond acceptors (Lipinski definition) is 6. The summed E-state index contributed by atoms with van der Waals surface area (Å²) in [5.41, 5.74) is -0.722. The Morgan fingerprint density at radius 3 is 2.00 bits per heavy atom. The molecule has 6 nitrogen and oxygen atoms in total. The van der Waals surface area contributed by atoms with E-state index in [2.05, 4.69) is 4.74 Å². The molecule has 0 fully saturated rings. The average Bonchev–Trinajstić information content (AvgIpc) is 2.30. The number of rotatable bonds is 7. The lowest BCUT2D eigenvalue weighted by molar-refractivity contribution is -0.163. The number of hydrogen-bond donors (Lipinski definition) is 0. The summed E-state index contributed by atoms with van der Waals surface area (Å²) in [5, 5.41) is 0. The summed E-state index contributed by atoms with van der Waals surface area (Å²) >= 11 is 0. The molecule has 0 saturated carbocycles. The van der Waals surface area contributed by atoms with Crippen molar-refractivity contribution < 1.29 is 28.7 Å². The van der Waals surface area contributed by atoms with Gasteiger partial charge in [0.05, 0.1) is 13.5 Å². The Balaban J connectivity index is 4.55. The van der Waals surface area contributed by atoms with E-state index in [1.54, 1.807) is 20.8 Å². The number of ketones is 2. The lowest BCUT2D eigenvalue weighted by Gasteiger charge is -2.22. The zero-order valence-corrected chi connectivity index (χ0v) is 12.6. The Bertz CT molecular complexity index is 391. The van der Waals surface area contributed by atoms with E-state index in [1.165, 1.54) is 14.0 Å². The van der Waals surface area contributed by atoms with Crippen LogP contribution in [0.15, 0.2) is 0 Å². The maximum Gasteiger partial charge on any atom is 0.317 e. The Kier molecular flexibility index (Phi) is 7.10. The number of carbonyl (C=O) groups excluding carboxylic acids is 4. The maximum atomic E-state index is 11.8. The van der Waals surface area contributed by atoms with Crippen LogP contribution in [-0.2, 0) is 28.7 Å². The van der Waals surface area contributed by atoms with E-state index in [4.69, 9.17) is 4.74 Å². The average molecular weight is 286 g/mol. The van der Waals surface area contributed by atoms with Crippen LogP contribution in [0.1, 0.15) is 47.0 Å². The molecule has 1 unspecified atom stereocenters. The summed E-state index contributed by atoms with van der Waals surface area (Å²) in [6.45, 7) is 6.28. The molecule has 0 aliphatic rings. The fourth-order valence-electron chi connectivity index (χ4n) is 1.44. The first-order valence-electron chi connectivity index (χ1n) is 6.38. The van der Waals surface area contributed by atoms with Crippen molar-refractivity contribution in [3.63, 3.8) is 0 Å². The Hall–Kier alpha value is -1.72. The zero-order chi connectivity index (χ0) is 15.9. The second kappa shape index (κ2) is 7.77. The van der Waals surface area contributed by atoms with Crippen LogP contribution in [0.5, 0.6) is 0 Å². The van der Waals surface area contributed by atoms with Gasteiger partial charge in [-0.1, -0.05) is 0 Å². The first-order valence-corrected chi connectivity index (χ1v) is 6.38. The number of Topliss-reactive ketones (excluding diaryl/α,β-unsaturated/α-hetero) is 2. The molecule has 0 saturated heterocycles. The van der Waals surface area contributed by atoms with Crippen LogP contribution in [0.3, 0.4) is 0 Å². The SMILES string of the molecule is COC(=O)CCC(=O)CC(C(C)=O)C(=O)OC(C)(C)C. The Morgan fingerprint density at radius 1 is 1.05 bits per heavy atom. The molecule has 0 spiro atoms. The summed E-state index contributed by atoms with van der Waals surface area (Å²) in [4.78, 5) is 45.9. The van der Waals surface area contributed by atoms with Crippen LogP contribution >= 0.6 is 0 Å². The molecular weight excluding hydrogens is 264 g/mol.